The minimum atomic E-state index is 0.433. The fraction of sp³-hybridized carbons (Fsp3) is 0.393. The molecule has 3 N–H and O–H groups in total. The second kappa shape index (κ2) is 10.7. The van der Waals surface area contributed by atoms with Gasteiger partial charge in [-0.15, -0.1) is 0 Å². The summed E-state index contributed by atoms with van der Waals surface area (Å²) in [5.41, 5.74) is 11.5. The Kier molecular flexibility index (Phi) is 7.50. The van der Waals surface area contributed by atoms with Gasteiger partial charge in [0.15, 0.2) is 0 Å². The Morgan fingerprint density at radius 2 is 1.79 bits per heavy atom. The summed E-state index contributed by atoms with van der Waals surface area (Å²) < 4.78 is 11.7. The van der Waals surface area contributed by atoms with Crippen molar-refractivity contribution >= 4 is 6.34 Å². The molecule has 0 saturated carbocycles. The monoisotopic (exact) mass is 445 g/mol. The van der Waals surface area contributed by atoms with Crippen LogP contribution in [-0.4, -0.2) is 24.3 Å². The Labute approximate surface area is 197 Å². The third-order valence-corrected chi connectivity index (χ3v) is 7.02. The summed E-state index contributed by atoms with van der Waals surface area (Å²) in [7, 11) is 0. The maximum atomic E-state index is 6.41. The van der Waals surface area contributed by atoms with Crippen molar-refractivity contribution in [1.82, 2.24) is 4.90 Å². The highest BCUT2D eigenvalue weighted by Crippen LogP contribution is 2.51. The van der Waals surface area contributed by atoms with Crippen molar-refractivity contribution in [3.05, 3.63) is 82.8 Å². The van der Waals surface area contributed by atoms with Gasteiger partial charge in [-0.25, -0.2) is 0 Å². The van der Waals surface area contributed by atoms with E-state index in [9.17, 15) is 0 Å². The topological polar surface area (TPSA) is 75.5 Å². The lowest BCUT2D eigenvalue weighted by Crippen LogP contribution is -2.36. The van der Waals surface area contributed by atoms with Gasteiger partial charge >= 0.3 is 0 Å². The normalized spacial score (nSPS) is 17.8. The van der Waals surface area contributed by atoms with Crippen LogP contribution in [0.4, 0.5) is 0 Å². The molecule has 1 saturated heterocycles. The van der Waals surface area contributed by atoms with E-state index < -0.39 is 0 Å². The lowest BCUT2D eigenvalue weighted by molar-refractivity contribution is 0.165. The van der Waals surface area contributed by atoms with Crippen LogP contribution in [0.3, 0.4) is 0 Å². The van der Waals surface area contributed by atoms with Crippen LogP contribution < -0.4 is 10.5 Å². The minimum Gasteiger partial charge on any atom is -0.472 e. The molecule has 2 aliphatic heterocycles. The number of benzene rings is 2. The number of para-hydroxylation sites is 1. The van der Waals surface area contributed by atoms with E-state index >= 15 is 0 Å². The number of fused-ring (bicyclic) bond motifs is 2. The van der Waals surface area contributed by atoms with E-state index in [1.807, 2.05) is 6.26 Å². The van der Waals surface area contributed by atoms with E-state index in [0.29, 0.717) is 11.8 Å². The molecule has 5 heteroatoms. The van der Waals surface area contributed by atoms with Crippen molar-refractivity contribution in [1.29, 1.82) is 5.41 Å². The summed E-state index contributed by atoms with van der Waals surface area (Å²) in [6.07, 6.45) is 8.97. The van der Waals surface area contributed by atoms with Crippen molar-refractivity contribution in [3.63, 3.8) is 0 Å². The molecular formula is C28H35N3O2. The van der Waals surface area contributed by atoms with Crippen LogP contribution in [-0.2, 0) is 19.4 Å². The number of nitrogens with zero attached hydrogens (tertiary/aromatic N) is 1. The molecule has 1 aromatic heterocycles. The summed E-state index contributed by atoms with van der Waals surface area (Å²) >= 11 is 0. The van der Waals surface area contributed by atoms with E-state index in [4.69, 9.17) is 14.6 Å². The molecule has 5 nitrogen and oxygen atoms in total. The Morgan fingerprint density at radius 3 is 2.45 bits per heavy atom. The molecule has 33 heavy (non-hydrogen) atoms. The molecule has 174 valence electrons. The lowest BCUT2D eigenvalue weighted by Gasteiger charge is -2.40. The number of nitrogens with two attached hydrogens (primary N) is 1. The van der Waals surface area contributed by atoms with Gasteiger partial charge in [0.25, 0.3) is 0 Å². The molecular weight excluding hydrogens is 410 g/mol. The first-order valence-electron chi connectivity index (χ1n) is 12.1. The average molecular weight is 446 g/mol. The van der Waals surface area contributed by atoms with Crippen LogP contribution in [0.1, 0.15) is 60.4 Å². The molecule has 1 unspecified atom stereocenters. The number of ether oxygens (including phenoxy) is 1. The smallest absolute Gasteiger partial charge is 0.131 e. The third kappa shape index (κ3) is 4.83. The largest absolute Gasteiger partial charge is 0.472 e. The molecule has 0 bridgehead atoms. The maximum Gasteiger partial charge on any atom is 0.131 e. The van der Waals surface area contributed by atoms with E-state index in [1.54, 1.807) is 6.26 Å². The van der Waals surface area contributed by atoms with Crippen LogP contribution in [0.25, 0.3) is 0 Å². The van der Waals surface area contributed by atoms with Crippen molar-refractivity contribution in [2.24, 2.45) is 11.7 Å². The van der Waals surface area contributed by atoms with Gasteiger partial charge in [0.05, 0.1) is 18.9 Å². The molecule has 0 radical (unpaired) electrons. The molecule has 0 aliphatic carbocycles. The van der Waals surface area contributed by atoms with Crippen molar-refractivity contribution in [3.8, 4) is 11.5 Å². The SMILES string of the molecule is CCc1ccc2c(c1CC)C(C1CCN(Cc3ccoc3)CC1)c1ccccc1O2.N=CN. The molecule has 3 heterocycles. The average Bonchev–Trinajstić information content (AvgIpc) is 3.36. The van der Waals surface area contributed by atoms with E-state index in [1.165, 1.54) is 40.7 Å². The standard InChI is InChI=1S/C27H31NO2.CH4N2/c1-3-20-9-10-25-27(22(20)4-2)26(23-7-5-6-8-24(23)30-25)21-11-14-28(15-12-21)17-19-13-16-29-18-19;2-1-3/h5-10,13,16,18,21,26H,3-4,11-12,14-15,17H2,1-2H3;1H,(H3,2,3). The van der Waals surface area contributed by atoms with Crippen LogP contribution in [0.5, 0.6) is 11.5 Å². The van der Waals surface area contributed by atoms with Crippen LogP contribution in [0, 0.1) is 11.3 Å². The van der Waals surface area contributed by atoms with Crippen molar-refractivity contribution in [2.75, 3.05) is 13.1 Å². The van der Waals surface area contributed by atoms with E-state index in [0.717, 1.165) is 50.3 Å². The quantitative estimate of drug-likeness (QED) is 0.367. The fourth-order valence-electron chi connectivity index (χ4n) is 5.55. The predicted octanol–water partition coefficient (Wildman–Crippen LogP) is 6.11. The highest BCUT2D eigenvalue weighted by molar-refractivity contribution is 5.58. The van der Waals surface area contributed by atoms with Gasteiger partial charge < -0.3 is 14.9 Å². The van der Waals surface area contributed by atoms with Crippen molar-refractivity contribution in [2.45, 2.75) is 52.0 Å². The fourth-order valence-corrected chi connectivity index (χ4v) is 5.55. The molecule has 5 rings (SSSR count). The van der Waals surface area contributed by atoms with Gasteiger partial charge in [0.1, 0.15) is 11.5 Å². The number of hydrogen-bond donors (Lipinski definition) is 2. The molecule has 2 aromatic carbocycles. The van der Waals surface area contributed by atoms with Gasteiger partial charge in [-0.1, -0.05) is 38.1 Å². The van der Waals surface area contributed by atoms with Gasteiger partial charge in [-0.05, 0) is 74.0 Å². The van der Waals surface area contributed by atoms with Crippen LogP contribution in [0.15, 0.2) is 59.4 Å². The van der Waals surface area contributed by atoms with Crippen molar-refractivity contribution < 1.29 is 9.15 Å². The molecule has 1 fully saturated rings. The van der Waals surface area contributed by atoms with Crippen LogP contribution >= 0.6 is 0 Å². The summed E-state index contributed by atoms with van der Waals surface area (Å²) in [6.45, 7) is 7.82. The van der Waals surface area contributed by atoms with Gasteiger partial charge in [0.2, 0.25) is 0 Å². The van der Waals surface area contributed by atoms with Gasteiger partial charge in [-0.3, -0.25) is 10.3 Å². The molecule has 0 amide bonds. The zero-order chi connectivity index (χ0) is 23.2. The lowest BCUT2D eigenvalue weighted by atomic mass is 9.72. The second-order valence-electron chi connectivity index (χ2n) is 8.85. The zero-order valence-corrected chi connectivity index (χ0v) is 19.7. The van der Waals surface area contributed by atoms with Gasteiger partial charge in [-0.2, -0.15) is 0 Å². The predicted molar refractivity (Wildman–Crippen MR) is 133 cm³/mol. The molecule has 0 spiro atoms. The first-order valence-corrected chi connectivity index (χ1v) is 12.1. The molecule has 1 atom stereocenters. The number of likely N-dealkylation sites (tertiary alicyclic amines) is 1. The number of aryl methyl sites for hydroxylation is 1. The highest BCUT2D eigenvalue weighted by atomic mass is 16.5. The first-order chi connectivity index (χ1) is 16.2. The molecule has 3 aromatic rings. The summed E-state index contributed by atoms with van der Waals surface area (Å²) in [5.74, 6) is 3.20. The zero-order valence-electron chi connectivity index (χ0n) is 19.7. The van der Waals surface area contributed by atoms with Crippen LogP contribution in [0.2, 0.25) is 0 Å². The highest BCUT2D eigenvalue weighted by Gasteiger charge is 2.37. The molecule has 2 aliphatic rings. The Balaban J connectivity index is 0.000000821. The number of rotatable bonds is 5. The van der Waals surface area contributed by atoms with Gasteiger partial charge in [0, 0.05) is 29.2 Å². The maximum absolute atomic E-state index is 6.41. The Morgan fingerprint density at radius 1 is 1.03 bits per heavy atom. The summed E-state index contributed by atoms with van der Waals surface area (Å²) in [5, 5.41) is 5.86. The number of hydrogen-bond acceptors (Lipinski definition) is 4. The summed E-state index contributed by atoms with van der Waals surface area (Å²) in [6, 6.07) is 15.3. The number of nitrogens with one attached hydrogen (secondary N) is 1. The van der Waals surface area contributed by atoms with E-state index in [2.05, 4.69) is 66.9 Å². The third-order valence-electron chi connectivity index (χ3n) is 7.02. The van der Waals surface area contributed by atoms with E-state index in [-0.39, 0.29) is 0 Å². The first kappa shape index (κ1) is 23.1. The minimum absolute atomic E-state index is 0.433. The second-order valence-corrected chi connectivity index (χ2v) is 8.85. The number of furan rings is 1. The number of piperidine rings is 1. The Hall–Kier alpha value is -3.05. The summed E-state index contributed by atoms with van der Waals surface area (Å²) in [4.78, 5) is 2.57. The Bertz CT molecular complexity index is 1050.